The van der Waals surface area contributed by atoms with Crippen LogP contribution in [-0.4, -0.2) is 0 Å². The first-order chi connectivity index (χ1) is 2.73. The van der Waals surface area contributed by atoms with Gasteiger partial charge in [0.05, 0.1) is 0 Å². The SMILES string of the molecule is C=C.O=[PH](Cl)Cl. The molecule has 0 aromatic heterocycles. The van der Waals surface area contributed by atoms with E-state index in [1.54, 1.807) is 0 Å². The topological polar surface area (TPSA) is 17.1 Å². The molecule has 0 heterocycles. The minimum absolute atomic E-state index is 2.19. The van der Waals surface area contributed by atoms with Gasteiger partial charge in [-0.1, -0.05) is 0 Å². The summed E-state index contributed by atoms with van der Waals surface area (Å²) in [4.78, 5) is 0. The zero-order valence-corrected chi connectivity index (χ0v) is 5.59. The molecule has 0 rings (SSSR count). The molecule has 0 saturated carbocycles. The summed E-state index contributed by atoms with van der Waals surface area (Å²) in [6.45, 7) is 3.81. The van der Waals surface area contributed by atoms with Gasteiger partial charge >= 0.3 is 0 Å². The molecular weight excluding hydrogens is 142 g/mol. The second-order valence-electron chi connectivity index (χ2n) is 0.226. The van der Waals surface area contributed by atoms with Crippen molar-refractivity contribution in [2.24, 2.45) is 0 Å². The Kier molecular flexibility index (Phi) is 14.8. The van der Waals surface area contributed by atoms with Crippen LogP contribution in [0.5, 0.6) is 0 Å². The van der Waals surface area contributed by atoms with Crippen LogP contribution in [0.15, 0.2) is 13.2 Å². The van der Waals surface area contributed by atoms with Gasteiger partial charge in [0.1, 0.15) is 0 Å². The van der Waals surface area contributed by atoms with Crippen LogP contribution in [-0.2, 0) is 4.57 Å². The molecule has 0 aromatic rings. The smallest absolute Gasteiger partial charge is 0.241 e. The van der Waals surface area contributed by atoms with Crippen LogP contribution in [0.2, 0.25) is 0 Å². The summed E-state index contributed by atoms with van der Waals surface area (Å²) in [5.41, 5.74) is 0. The molecule has 0 bridgehead atoms. The lowest BCUT2D eigenvalue weighted by Gasteiger charge is -1.52. The predicted octanol–water partition coefficient (Wildman–Crippen LogP) is 2.66. The first-order valence-electron chi connectivity index (χ1n) is 1.08. The minimum atomic E-state index is -2.19. The Hall–Kier alpha value is 0.550. The van der Waals surface area contributed by atoms with E-state index in [4.69, 9.17) is 4.57 Å². The zero-order chi connectivity index (χ0) is 5.58. The molecule has 38 valence electrons. The Bertz CT molecular complexity index is 42.8. The molecule has 0 aromatic carbocycles. The van der Waals surface area contributed by atoms with Gasteiger partial charge in [-0.2, -0.15) is 0 Å². The first-order valence-corrected chi connectivity index (χ1v) is 4.51. The molecule has 0 amide bonds. The fourth-order valence-corrected chi connectivity index (χ4v) is 0. The van der Waals surface area contributed by atoms with Crippen LogP contribution in [0.1, 0.15) is 0 Å². The van der Waals surface area contributed by atoms with Crippen molar-refractivity contribution >= 4 is 29.0 Å². The quantitative estimate of drug-likeness (QED) is 0.380. The highest BCUT2D eigenvalue weighted by Crippen LogP contribution is 2.31. The largest absolute Gasteiger partial charge is 0.293 e. The molecule has 0 aliphatic carbocycles. The Balaban J connectivity index is 0. The van der Waals surface area contributed by atoms with Crippen molar-refractivity contribution in [1.29, 1.82) is 0 Å². The summed E-state index contributed by atoms with van der Waals surface area (Å²) in [6, 6.07) is 0. The lowest BCUT2D eigenvalue weighted by atomic mass is 11.3. The van der Waals surface area contributed by atoms with Gasteiger partial charge in [-0.05, 0) is 22.5 Å². The van der Waals surface area contributed by atoms with Crippen molar-refractivity contribution < 1.29 is 4.57 Å². The van der Waals surface area contributed by atoms with E-state index in [-0.39, 0.29) is 0 Å². The maximum absolute atomic E-state index is 9.16. The third-order valence-corrected chi connectivity index (χ3v) is 0. The summed E-state index contributed by atoms with van der Waals surface area (Å²) in [5, 5.41) is 0. The fourth-order valence-electron chi connectivity index (χ4n) is 0. The maximum Gasteiger partial charge on any atom is 0.241 e. The Morgan fingerprint density at radius 2 is 1.33 bits per heavy atom. The summed E-state index contributed by atoms with van der Waals surface area (Å²) >= 11 is 9.17. The van der Waals surface area contributed by atoms with Crippen molar-refractivity contribution in [2.45, 2.75) is 0 Å². The number of hydrogen-bond acceptors (Lipinski definition) is 1. The normalized spacial score (nSPS) is 6.50. The molecule has 4 heteroatoms. The molecule has 0 saturated heterocycles. The lowest BCUT2D eigenvalue weighted by molar-refractivity contribution is 0.602. The van der Waals surface area contributed by atoms with Crippen LogP contribution in [0.4, 0.5) is 0 Å². The van der Waals surface area contributed by atoms with Crippen LogP contribution >= 0.6 is 29.0 Å². The lowest BCUT2D eigenvalue weighted by Crippen LogP contribution is -0.953. The molecule has 0 spiro atoms. The molecule has 1 nitrogen and oxygen atoms in total. The van der Waals surface area contributed by atoms with Gasteiger partial charge in [0.25, 0.3) is 0 Å². The number of halogens is 2. The fraction of sp³-hybridized carbons (Fsp3) is 0. The standard InChI is InChI=1S/C2H4.Cl2HOP/c1-2;1-4(2)3/h1-2H2;4H. The van der Waals surface area contributed by atoms with Crippen LogP contribution in [0, 0.1) is 0 Å². The van der Waals surface area contributed by atoms with E-state index in [1.165, 1.54) is 0 Å². The average Bonchev–Trinajstić information content (AvgIpc) is 1.41. The number of rotatable bonds is 0. The van der Waals surface area contributed by atoms with E-state index in [0.717, 1.165) is 0 Å². The van der Waals surface area contributed by atoms with Gasteiger partial charge in [0, 0.05) is 0 Å². The summed E-state index contributed by atoms with van der Waals surface area (Å²) in [7, 11) is 0. The summed E-state index contributed by atoms with van der Waals surface area (Å²) < 4.78 is 9.16. The second kappa shape index (κ2) is 9.12. The van der Waals surface area contributed by atoms with Crippen LogP contribution < -0.4 is 0 Å². The molecule has 0 fully saturated rings. The Morgan fingerprint density at radius 3 is 1.33 bits per heavy atom. The van der Waals surface area contributed by atoms with Crippen molar-refractivity contribution in [3.05, 3.63) is 13.2 Å². The molecule has 0 aliphatic heterocycles. The highest BCUT2D eigenvalue weighted by molar-refractivity contribution is 7.95. The van der Waals surface area contributed by atoms with Gasteiger partial charge in [-0.15, -0.1) is 13.2 Å². The first kappa shape index (κ1) is 9.75. The maximum atomic E-state index is 9.16. The van der Waals surface area contributed by atoms with E-state index in [0.29, 0.717) is 0 Å². The van der Waals surface area contributed by atoms with Gasteiger partial charge in [0.15, 0.2) is 0 Å². The monoisotopic (exact) mass is 146 g/mol. The van der Waals surface area contributed by atoms with Crippen LogP contribution in [0.25, 0.3) is 0 Å². The van der Waals surface area contributed by atoms with Crippen molar-refractivity contribution in [2.75, 3.05) is 0 Å². The van der Waals surface area contributed by atoms with Gasteiger partial charge in [-0.3, -0.25) is 4.57 Å². The van der Waals surface area contributed by atoms with Crippen molar-refractivity contribution in [3.8, 4) is 0 Å². The zero-order valence-electron chi connectivity index (χ0n) is 3.08. The highest BCUT2D eigenvalue weighted by atomic mass is 35.9. The van der Waals surface area contributed by atoms with Crippen LogP contribution in [0.3, 0.4) is 0 Å². The summed E-state index contributed by atoms with van der Waals surface area (Å²) in [6.07, 6.45) is 0. The predicted molar refractivity (Wildman–Crippen MR) is 32.0 cm³/mol. The Morgan fingerprint density at radius 1 is 1.33 bits per heavy atom. The van der Waals surface area contributed by atoms with E-state index in [1.807, 2.05) is 0 Å². The molecule has 6 heavy (non-hydrogen) atoms. The second-order valence-corrected chi connectivity index (χ2v) is 3.32. The molecule has 0 atom stereocenters. The van der Waals surface area contributed by atoms with E-state index in [9.17, 15) is 0 Å². The van der Waals surface area contributed by atoms with E-state index in [2.05, 4.69) is 35.6 Å². The van der Waals surface area contributed by atoms with E-state index < -0.39 is 6.51 Å². The van der Waals surface area contributed by atoms with Crippen molar-refractivity contribution in [1.82, 2.24) is 0 Å². The van der Waals surface area contributed by atoms with Gasteiger partial charge in [-0.25, -0.2) is 0 Å². The van der Waals surface area contributed by atoms with E-state index >= 15 is 0 Å². The number of hydrogen-bond donors (Lipinski definition) is 0. The van der Waals surface area contributed by atoms with Gasteiger partial charge in [0.2, 0.25) is 6.51 Å². The third-order valence-electron chi connectivity index (χ3n) is 0. The molecule has 0 N–H and O–H groups in total. The molecular formula is C2H5Cl2OP. The summed E-state index contributed by atoms with van der Waals surface area (Å²) in [5.74, 6) is 0. The molecule has 0 unspecified atom stereocenters. The minimum Gasteiger partial charge on any atom is -0.293 e. The van der Waals surface area contributed by atoms with Crippen molar-refractivity contribution in [3.63, 3.8) is 0 Å². The average molecular weight is 147 g/mol. The van der Waals surface area contributed by atoms with Gasteiger partial charge < -0.3 is 0 Å². The molecule has 0 aliphatic rings. The Labute approximate surface area is 47.3 Å². The third kappa shape index (κ3) is 190. The molecule has 0 radical (unpaired) electrons. The highest BCUT2D eigenvalue weighted by Gasteiger charge is 1.67.